The maximum Gasteiger partial charge on any atom is 0.168 e. The minimum atomic E-state index is 0.0602. The third kappa shape index (κ3) is 0.985. The van der Waals surface area contributed by atoms with Crippen molar-refractivity contribution in [2.24, 2.45) is 0 Å². The van der Waals surface area contributed by atoms with Crippen molar-refractivity contribution in [1.29, 1.82) is 10.5 Å². The molecule has 0 aliphatic carbocycles. The van der Waals surface area contributed by atoms with Crippen molar-refractivity contribution in [2.45, 2.75) is 6.42 Å². The lowest BCUT2D eigenvalue weighted by atomic mass is 10.2. The molecule has 0 aromatic rings. The maximum atomic E-state index is 8.35. The molecule has 0 aromatic heterocycles. The monoisotopic (exact) mass is 132 g/mol. The molecule has 0 radical (unpaired) electrons. The van der Waals surface area contributed by atoms with Gasteiger partial charge in [-0.25, -0.2) is 0 Å². The highest BCUT2D eigenvalue weighted by Gasteiger charge is 2.08. The first-order valence-corrected chi connectivity index (χ1v) is 2.73. The van der Waals surface area contributed by atoms with E-state index in [2.05, 4.69) is 0 Å². The second-order valence-corrected chi connectivity index (χ2v) is 1.72. The Morgan fingerprint density at radius 2 is 2.20 bits per heavy atom. The summed E-state index contributed by atoms with van der Waals surface area (Å²) in [6.07, 6.45) is 3.78. The molecule has 0 bridgehead atoms. The molecule has 0 aromatic carbocycles. The van der Waals surface area contributed by atoms with Gasteiger partial charge >= 0.3 is 0 Å². The van der Waals surface area contributed by atoms with Crippen LogP contribution in [0.5, 0.6) is 0 Å². The smallest absolute Gasteiger partial charge is 0.168 e. The Hall–Kier alpha value is -1.74. The highest BCUT2D eigenvalue weighted by molar-refractivity contribution is 5.39. The lowest BCUT2D eigenvalue weighted by Crippen LogP contribution is -1.83. The Kier molecular flexibility index (Phi) is 1.72. The van der Waals surface area contributed by atoms with Crippen LogP contribution in [0.4, 0.5) is 0 Å². The summed E-state index contributed by atoms with van der Waals surface area (Å²) >= 11 is 0. The summed E-state index contributed by atoms with van der Waals surface area (Å²) in [7, 11) is 0. The van der Waals surface area contributed by atoms with Gasteiger partial charge in [-0.2, -0.15) is 10.5 Å². The third-order valence-electron chi connectivity index (χ3n) is 1.11. The van der Waals surface area contributed by atoms with Gasteiger partial charge in [0.2, 0.25) is 0 Å². The number of nitrogens with zero attached hydrogens (tertiary/aromatic N) is 2. The topological polar surface area (TPSA) is 56.8 Å². The van der Waals surface area contributed by atoms with Gasteiger partial charge in [0.15, 0.2) is 5.57 Å². The fraction of sp³-hybridized carbons (Fsp3) is 0.143. The molecule has 48 valence electrons. The molecule has 3 nitrogen and oxygen atoms in total. The second-order valence-electron chi connectivity index (χ2n) is 1.72. The molecular weight excluding hydrogens is 128 g/mol. The van der Waals surface area contributed by atoms with Gasteiger partial charge in [-0.05, 0) is 6.08 Å². The zero-order valence-corrected chi connectivity index (χ0v) is 5.16. The lowest BCUT2D eigenvalue weighted by Gasteiger charge is -1.93. The zero-order valence-electron chi connectivity index (χ0n) is 5.16. The number of hydrogen-bond acceptors (Lipinski definition) is 3. The van der Waals surface area contributed by atoms with Crippen LogP contribution in [-0.2, 0) is 4.74 Å². The van der Waals surface area contributed by atoms with E-state index in [0.29, 0.717) is 12.2 Å². The van der Waals surface area contributed by atoms with Gasteiger partial charge in [0.1, 0.15) is 17.9 Å². The molecule has 0 saturated heterocycles. The third-order valence-corrected chi connectivity index (χ3v) is 1.11. The van der Waals surface area contributed by atoms with Gasteiger partial charge in [0.25, 0.3) is 0 Å². The summed E-state index contributed by atoms with van der Waals surface area (Å²) in [6, 6.07) is 3.49. The largest absolute Gasteiger partial charge is 0.467 e. The van der Waals surface area contributed by atoms with E-state index in [1.165, 1.54) is 6.26 Å². The molecule has 1 aliphatic heterocycles. The van der Waals surface area contributed by atoms with Gasteiger partial charge in [-0.1, -0.05) is 0 Å². The average Bonchev–Trinajstić information content (AvgIpc) is 2.43. The van der Waals surface area contributed by atoms with Crippen LogP contribution in [0.25, 0.3) is 0 Å². The zero-order chi connectivity index (χ0) is 7.40. The van der Waals surface area contributed by atoms with Crippen LogP contribution in [0, 0.1) is 22.7 Å². The molecule has 0 fully saturated rings. The van der Waals surface area contributed by atoms with E-state index in [-0.39, 0.29) is 5.57 Å². The van der Waals surface area contributed by atoms with Gasteiger partial charge in [-0.15, -0.1) is 0 Å². The van der Waals surface area contributed by atoms with Crippen molar-refractivity contribution in [2.75, 3.05) is 0 Å². The standard InChI is InChI=1S/C7H4N2O/c8-4-6(5-9)7-2-1-3-10-7/h1,3H,2H2. The second kappa shape index (κ2) is 2.70. The van der Waals surface area contributed by atoms with Crippen LogP contribution >= 0.6 is 0 Å². The van der Waals surface area contributed by atoms with Crippen molar-refractivity contribution in [1.82, 2.24) is 0 Å². The first-order chi connectivity index (χ1) is 4.88. The number of allylic oxidation sites excluding steroid dienone is 2. The van der Waals surface area contributed by atoms with Crippen molar-refractivity contribution >= 4 is 0 Å². The summed E-state index contributed by atoms with van der Waals surface area (Å²) in [4.78, 5) is 0. The molecule has 1 heterocycles. The molecule has 3 heteroatoms. The quantitative estimate of drug-likeness (QED) is 0.465. The molecule has 0 spiro atoms. The van der Waals surface area contributed by atoms with E-state index in [4.69, 9.17) is 15.3 Å². The molecule has 1 aliphatic rings. The number of ether oxygens (including phenoxy) is 1. The van der Waals surface area contributed by atoms with E-state index in [0.717, 1.165) is 0 Å². The molecule has 0 N–H and O–H groups in total. The Morgan fingerprint density at radius 1 is 1.50 bits per heavy atom. The molecule has 0 amide bonds. The fourth-order valence-electron chi connectivity index (χ4n) is 0.644. The van der Waals surface area contributed by atoms with Gasteiger partial charge in [0, 0.05) is 6.42 Å². The lowest BCUT2D eigenvalue weighted by molar-refractivity contribution is 0.365. The Labute approximate surface area is 58.4 Å². The van der Waals surface area contributed by atoms with Gasteiger partial charge in [-0.3, -0.25) is 0 Å². The normalized spacial score (nSPS) is 13.6. The van der Waals surface area contributed by atoms with Crippen LogP contribution < -0.4 is 0 Å². The van der Waals surface area contributed by atoms with Crippen LogP contribution in [0.15, 0.2) is 23.7 Å². The van der Waals surface area contributed by atoms with E-state index in [1.54, 1.807) is 18.2 Å². The molecule has 0 atom stereocenters. The van der Waals surface area contributed by atoms with Crippen molar-refractivity contribution in [3.63, 3.8) is 0 Å². The highest BCUT2D eigenvalue weighted by Crippen LogP contribution is 2.16. The first-order valence-electron chi connectivity index (χ1n) is 2.73. The number of rotatable bonds is 0. The van der Waals surface area contributed by atoms with E-state index in [1.807, 2.05) is 0 Å². The maximum absolute atomic E-state index is 8.35. The van der Waals surface area contributed by atoms with Crippen LogP contribution in [0.1, 0.15) is 6.42 Å². The van der Waals surface area contributed by atoms with Gasteiger partial charge < -0.3 is 4.74 Å². The van der Waals surface area contributed by atoms with Crippen molar-refractivity contribution in [3.05, 3.63) is 23.7 Å². The Bertz CT molecular complexity index is 249. The minimum absolute atomic E-state index is 0.0602. The van der Waals surface area contributed by atoms with Crippen molar-refractivity contribution < 1.29 is 4.74 Å². The predicted octanol–water partition coefficient (Wildman–Crippen LogP) is 1.22. The van der Waals surface area contributed by atoms with Gasteiger partial charge in [0.05, 0.1) is 6.26 Å². The van der Waals surface area contributed by atoms with Crippen LogP contribution in [-0.4, -0.2) is 0 Å². The predicted molar refractivity (Wildman–Crippen MR) is 33.1 cm³/mol. The fourth-order valence-corrected chi connectivity index (χ4v) is 0.644. The van der Waals surface area contributed by atoms with E-state index >= 15 is 0 Å². The highest BCUT2D eigenvalue weighted by atomic mass is 16.5. The van der Waals surface area contributed by atoms with Crippen molar-refractivity contribution in [3.8, 4) is 12.1 Å². The Morgan fingerprint density at radius 3 is 2.60 bits per heavy atom. The number of hydrogen-bond donors (Lipinski definition) is 0. The molecule has 1 rings (SSSR count). The Balaban J connectivity index is 2.88. The molecule has 0 unspecified atom stereocenters. The average molecular weight is 132 g/mol. The summed E-state index contributed by atoms with van der Waals surface area (Å²) in [5.41, 5.74) is 0.0602. The SMILES string of the molecule is N#CC(C#N)=C1CC=CO1. The summed E-state index contributed by atoms with van der Waals surface area (Å²) in [6.45, 7) is 0. The molecule has 0 saturated carbocycles. The van der Waals surface area contributed by atoms with E-state index in [9.17, 15) is 0 Å². The first kappa shape index (κ1) is 6.38. The van der Waals surface area contributed by atoms with Crippen LogP contribution in [0.3, 0.4) is 0 Å². The molecule has 10 heavy (non-hydrogen) atoms. The molecular formula is C7H4N2O. The summed E-state index contributed by atoms with van der Waals surface area (Å²) in [5.74, 6) is 0.449. The minimum Gasteiger partial charge on any atom is -0.467 e. The summed E-state index contributed by atoms with van der Waals surface area (Å²) in [5, 5.41) is 16.7. The number of nitriles is 2. The summed E-state index contributed by atoms with van der Waals surface area (Å²) < 4.78 is 4.85. The van der Waals surface area contributed by atoms with E-state index < -0.39 is 0 Å². The van der Waals surface area contributed by atoms with Crippen LogP contribution in [0.2, 0.25) is 0 Å².